The van der Waals surface area contributed by atoms with Gasteiger partial charge in [-0.05, 0) is 37.5 Å². The zero-order chi connectivity index (χ0) is 13.6. The molecule has 0 radical (unpaired) electrons. The average Bonchev–Trinajstić information content (AvgIpc) is 2.68. The first kappa shape index (κ1) is 12.1. The van der Waals surface area contributed by atoms with Crippen LogP contribution in [0, 0.1) is 19.7 Å². The van der Waals surface area contributed by atoms with Gasteiger partial charge < -0.3 is 0 Å². The molecule has 2 aromatic rings. The van der Waals surface area contributed by atoms with Gasteiger partial charge in [-0.25, -0.2) is 4.39 Å². The summed E-state index contributed by atoms with van der Waals surface area (Å²) in [5.41, 5.74) is 4.39. The number of aryl methyl sites for hydroxylation is 2. The quantitative estimate of drug-likeness (QED) is 0.752. The third-order valence-corrected chi connectivity index (χ3v) is 3.76. The van der Waals surface area contributed by atoms with Crippen LogP contribution in [-0.4, -0.2) is 5.78 Å². The van der Waals surface area contributed by atoms with Gasteiger partial charge in [-0.2, -0.15) is 0 Å². The molecule has 96 valence electrons. The van der Waals surface area contributed by atoms with Gasteiger partial charge in [0.05, 0.1) is 5.92 Å². The van der Waals surface area contributed by atoms with Crippen LogP contribution in [0.15, 0.2) is 36.4 Å². The van der Waals surface area contributed by atoms with E-state index in [1.807, 2.05) is 26.0 Å². The topological polar surface area (TPSA) is 17.1 Å². The van der Waals surface area contributed by atoms with Gasteiger partial charge in [0.2, 0.25) is 0 Å². The van der Waals surface area contributed by atoms with Crippen molar-refractivity contribution in [2.24, 2.45) is 0 Å². The molecule has 1 unspecified atom stereocenters. The number of carbonyl (C=O) groups excluding carboxylic acids is 1. The summed E-state index contributed by atoms with van der Waals surface area (Å²) in [5, 5.41) is 0. The highest BCUT2D eigenvalue weighted by Gasteiger charge is 2.33. The van der Waals surface area contributed by atoms with Crippen LogP contribution in [0.4, 0.5) is 4.39 Å². The first-order valence-electron chi connectivity index (χ1n) is 6.46. The molecular weight excluding hydrogens is 239 g/mol. The summed E-state index contributed by atoms with van der Waals surface area (Å²) in [6, 6.07) is 10.9. The monoisotopic (exact) mass is 254 g/mol. The second-order valence-electron chi connectivity index (χ2n) is 5.31. The number of Topliss-reactive ketones (excluding diaryl/α,β-unsaturated/α-hetero) is 1. The number of halogens is 1. The molecule has 2 heteroatoms. The van der Waals surface area contributed by atoms with Gasteiger partial charge >= 0.3 is 0 Å². The van der Waals surface area contributed by atoms with E-state index < -0.39 is 0 Å². The smallest absolute Gasteiger partial charge is 0.171 e. The van der Waals surface area contributed by atoms with Gasteiger partial charge in [0.15, 0.2) is 5.78 Å². The van der Waals surface area contributed by atoms with E-state index in [1.54, 1.807) is 12.1 Å². The Labute approximate surface area is 112 Å². The minimum Gasteiger partial charge on any atom is -0.293 e. The lowest BCUT2D eigenvalue weighted by atomic mass is 9.92. The molecule has 0 N–H and O–H groups in total. The van der Waals surface area contributed by atoms with Gasteiger partial charge in [0, 0.05) is 5.56 Å². The lowest BCUT2D eigenvalue weighted by Gasteiger charge is -2.10. The van der Waals surface area contributed by atoms with Crippen LogP contribution in [0.5, 0.6) is 0 Å². The molecular formula is C17H15FO. The van der Waals surface area contributed by atoms with Crippen molar-refractivity contribution in [1.82, 2.24) is 0 Å². The first-order valence-corrected chi connectivity index (χ1v) is 6.46. The van der Waals surface area contributed by atoms with E-state index in [-0.39, 0.29) is 17.5 Å². The van der Waals surface area contributed by atoms with E-state index in [0.29, 0.717) is 17.5 Å². The molecule has 0 aliphatic heterocycles. The van der Waals surface area contributed by atoms with Crippen LogP contribution in [0.3, 0.4) is 0 Å². The highest BCUT2D eigenvalue weighted by molar-refractivity contribution is 6.05. The normalized spacial score (nSPS) is 17.6. The molecule has 0 saturated carbocycles. The predicted octanol–water partition coefficient (Wildman–Crippen LogP) is 3.97. The van der Waals surface area contributed by atoms with E-state index in [4.69, 9.17) is 0 Å². The maximum absolute atomic E-state index is 13.8. The van der Waals surface area contributed by atoms with Gasteiger partial charge in [-0.3, -0.25) is 4.79 Å². The van der Waals surface area contributed by atoms with Gasteiger partial charge in [-0.1, -0.05) is 41.5 Å². The standard InChI is InChI=1S/C17H15FO/c1-10-6-11(2)8-12(7-10)14-9-15-13(17(14)19)4-3-5-16(15)18/h3-8,14H,9H2,1-2H3. The Kier molecular flexibility index (Phi) is 2.74. The average molecular weight is 254 g/mol. The zero-order valence-corrected chi connectivity index (χ0v) is 11.0. The third kappa shape index (κ3) is 1.97. The summed E-state index contributed by atoms with van der Waals surface area (Å²) in [7, 11) is 0. The molecule has 1 aliphatic carbocycles. The van der Waals surface area contributed by atoms with Crippen LogP contribution in [0.2, 0.25) is 0 Å². The summed E-state index contributed by atoms with van der Waals surface area (Å²) in [5.74, 6) is -0.456. The van der Waals surface area contributed by atoms with Crippen molar-refractivity contribution >= 4 is 5.78 Å². The van der Waals surface area contributed by atoms with E-state index in [2.05, 4.69) is 6.07 Å². The Bertz CT molecular complexity index is 653. The number of fused-ring (bicyclic) bond motifs is 1. The molecule has 0 heterocycles. The molecule has 1 aliphatic rings. The highest BCUT2D eigenvalue weighted by atomic mass is 19.1. The summed E-state index contributed by atoms with van der Waals surface area (Å²) >= 11 is 0. The molecule has 0 spiro atoms. The Morgan fingerprint density at radius 3 is 2.42 bits per heavy atom. The number of hydrogen-bond acceptors (Lipinski definition) is 1. The maximum Gasteiger partial charge on any atom is 0.171 e. The summed E-state index contributed by atoms with van der Waals surface area (Å²) in [6.45, 7) is 4.04. The molecule has 3 rings (SSSR count). The summed E-state index contributed by atoms with van der Waals surface area (Å²) < 4.78 is 13.8. The minimum absolute atomic E-state index is 0.0412. The van der Waals surface area contributed by atoms with Crippen LogP contribution in [-0.2, 0) is 6.42 Å². The number of rotatable bonds is 1. The number of benzene rings is 2. The molecule has 1 atom stereocenters. The Balaban J connectivity index is 2.06. The third-order valence-electron chi connectivity index (χ3n) is 3.76. The van der Waals surface area contributed by atoms with E-state index in [1.165, 1.54) is 6.07 Å². The molecule has 2 aromatic carbocycles. The van der Waals surface area contributed by atoms with Crippen LogP contribution < -0.4 is 0 Å². The molecule has 0 amide bonds. The SMILES string of the molecule is Cc1cc(C)cc(C2Cc3c(F)cccc3C2=O)c1. The Morgan fingerprint density at radius 2 is 1.79 bits per heavy atom. The van der Waals surface area contributed by atoms with Crippen molar-refractivity contribution in [1.29, 1.82) is 0 Å². The lowest BCUT2D eigenvalue weighted by molar-refractivity contribution is 0.0973. The van der Waals surface area contributed by atoms with Crippen molar-refractivity contribution in [3.63, 3.8) is 0 Å². The first-order chi connectivity index (χ1) is 9.06. The van der Waals surface area contributed by atoms with E-state index in [0.717, 1.165) is 16.7 Å². The van der Waals surface area contributed by atoms with Crippen molar-refractivity contribution < 1.29 is 9.18 Å². The summed E-state index contributed by atoms with van der Waals surface area (Å²) in [4.78, 5) is 12.4. The fourth-order valence-electron chi connectivity index (χ4n) is 2.96. The van der Waals surface area contributed by atoms with Crippen molar-refractivity contribution in [3.8, 4) is 0 Å². The fraction of sp³-hybridized carbons (Fsp3) is 0.235. The maximum atomic E-state index is 13.8. The second-order valence-corrected chi connectivity index (χ2v) is 5.31. The van der Waals surface area contributed by atoms with Crippen LogP contribution in [0.25, 0.3) is 0 Å². The van der Waals surface area contributed by atoms with Gasteiger partial charge in [0.1, 0.15) is 5.82 Å². The Hall–Kier alpha value is -1.96. The van der Waals surface area contributed by atoms with Crippen molar-refractivity contribution in [3.05, 3.63) is 70.0 Å². The molecule has 1 nitrogen and oxygen atoms in total. The molecule has 0 bridgehead atoms. The fourth-order valence-corrected chi connectivity index (χ4v) is 2.96. The number of carbonyl (C=O) groups is 1. The van der Waals surface area contributed by atoms with Gasteiger partial charge in [0.25, 0.3) is 0 Å². The summed E-state index contributed by atoms with van der Waals surface area (Å²) in [6.07, 6.45) is 0.476. The van der Waals surface area contributed by atoms with Crippen molar-refractivity contribution in [2.45, 2.75) is 26.2 Å². The zero-order valence-electron chi connectivity index (χ0n) is 11.0. The van der Waals surface area contributed by atoms with Gasteiger partial charge in [-0.15, -0.1) is 0 Å². The number of ketones is 1. The Morgan fingerprint density at radius 1 is 1.11 bits per heavy atom. The molecule has 0 saturated heterocycles. The van der Waals surface area contributed by atoms with E-state index in [9.17, 15) is 9.18 Å². The predicted molar refractivity (Wildman–Crippen MR) is 73.1 cm³/mol. The van der Waals surface area contributed by atoms with Crippen LogP contribution >= 0.6 is 0 Å². The molecule has 0 fully saturated rings. The minimum atomic E-state index is -0.266. The number of hydrogen-bond donors (Lipinski definition) is 0. The molecule has 19 heavy (non-hydrogen) atoms. The molecule has 0 aromatic heterocycles. The van der Waals surface area contributed by atoms with E-state index >= 15 is 0 Å². The largest absolute Gasteiger partial charge is 0.293 e. The second kappa shape index (κ2) is 4.30. The highest BCUT2D eigenvalue weighted by Crippen LogP contribution is 2.35. The van der Waals surface area contributed by atoms with Crippen LogP contribution in [0.1, 0.15) is 38.5 Å². The van der Waals surface area contributed by atoms with Crippen molar-refractivity contribution in [2.75, 3.05) is 0 Å². The lowest BCUT2D eigenvalue weighted by Crippen LogP contribution is -2.07.